The van der Waals surface area contributed by atoms with Crippen molar-refractivity contribution in [3.05, 3.63) is 35.5 Å². The summed E-state index contributed by atoms with van der Waals surface area (Å²) in [6.45, 7) is 1.26. The molecular formula is C12H14ClN5O. The number of rotatable bonds is 6. The van der Waals surface area contributed by atoms with E-state index < -0.39 is 0 Å². The van der Waals surface area contributed by atoms with Crippen LogP contribution >= 0.6 is 11.6 Å². The summed E-state index contributed by atoms with van der Waals surface area (Å²) in [6, 6.07) is 7.27. The van der Waals surface area contributed by atoms with Crippen LogP contribution in [0.3, 0.4) is 0 Å². The number of aromatic nitrogens is 3. The molecule has 1 heterocycles. The van der Waals surface area contributed by atoms with Crippen LogP contribution in [0.25, 0.3) is 0 Å². The predicted octanol–water partition coefficient (Wildman–Crippen LogP) is 2.33. The monoisotopic (exact) mass is 279 g/mol. The molecule has 0 atom stereocenters. The minimum atomic E-state index is 0.421. The molecule has 1 aromatic carbocycles. The maximum absolute atomic E-state index is 5.82. The highest BCUT2D eigenvalue weighted by Gasteiger charge is 2.01. The highest BCUT2D eigenvalue weighted by Crippen LogP contribution is 2.16. The van der Waals surface area contributed by atoms with Crippen molar-refractivity contribution in [2.75, 3.05) is 30.9 Å². The number of benzene rings is 1. The number of nitrogens with zero attached hydrogens (tertiary/aromatic N) is 3. The van der Waals surface area contributed by atoms with Crippen LogP contribution < -0.4 is 10.6 Å². The Hall–Kier alpha value is -1.92. The van der Waals surface area contributed by atoms with Crippen molar-refractivity contribution < 1.29 is 4.74 Å². The molecule has 0 spiro atoms. The number of halogens is 1. The van der Waals surface area contributed by atoms with E-state index >= 15 is 0 Å². The Morgan fingerprint density at radius 2 is 2.05 bits per heavy atom. The summed E-state index contributed by atoms with van der Waals surface area (Å²) in [7, 11) is 1.65. The first-order chi connectivity index (χ1) is 9.28. The summed E-state index contributed by atoms with van der Waals surface area (Å²) in [5.41, 5.74) is 0.847. The molecule has 2 rings (SSSR count). The van der Waals surface area contributed by atoms with Crippen molar-refractivity contribution in [1.29, 1.82) is 0 Å². The Morgan fingerprint density at radius 1 is 1.26 bits per heavy atom. The molecule has 0 fully saturated rings. The van der Waals surface area contributed by atoms with Gasteiger partial charge in [0.15, 0.2) is 5.82 Å². The fourth-order valence-electron chi connectivity index (χ4n) is 1.39. The number of ether oxygens (including phenoxy) is 1. The van der Waals surface area contributed by atoms with Crippen LogP contribution in [0.1, 0.15) is 0 Å². The minimum Gasteiger partial charge on any atom is -0.383 e. The van der Waals surface area contributed by atoms with Crippen LogP contribution in [0.2, 0.25) is 5.02 Å². The molecule has 7 heteroatoms. The standard InChI is InChI=1S/C12H14ClN5O/c1-19-7-6-14-11-8-15-18-12(17-11)16-10-4-2-9(13)3-5-10/h2-5,8H,6-7H2,1H3,(H2,14,16,17,18). The van der Waals surface area contributed by atoms with Gasteiger partial charge in [-0.3, -0.25) is 0 Å². The molecule has 1 aromatic heterocycles. The number of methoxy groups -OCH3 is 1. The summed E-state index contributed by atoms with van der Waals surface area (Å²) >= 11 is 5.82. The van der Waals surface area contributed by atoms with Gasteiger partial charge >= 0.3 is 0 Å². The minimum absolute atomic E-state index is 0.421. The molecule has 2 N–H and O–H groups in total. The SMILES string of the molecule is COCCNc1cnnc(Nc2ccc(Cl)cc2)n1. The van der Waals surface area contributed by atoms with Gasteiger partial charge in [0.25, 0.3) is 0 Å². The average molecular weight is 280 g/mol. The van der Waals surface area contributed by atoms with Crippen LogP contribution in [-0.2, 0) is 4.74 Å². The Balaban J connectivity index is 2.00. The van der Waals surface area contributed by atoms with Gasteiger partial charge in [-0.25, -0.2) is 0 Å². The molecule has 2 aromatic rings. The molecule has 0 aliphatic heterocycles. The first-order valence-corrected chi connectivity index (χ1v) is 6.11. The molecule has 0 aliphatic rings. The smallest absolute Gasteiger partial charge is 0.249 e. The topological polar surface area (TPSA) is 72.0 Å². The zero-order chi connectivity index (χ0) is 13.5. The van der Waals surface area contributed by atoms with E-state index in [0.29, 0.717) is 29.9 Å². The van der Waals surface area contributed by atoms with E-state index in [-0.39, 0.29) is 0 Å². The zero-order valence-corrected chi connectivity index (χ0v) is 11.2. The van der Waals surface area contributed by atoms with Gasteiger partial charge in [-0.1, -0.05) is 11.6 Å². The second kappa shape index (κ2) is 6.86. The van der Waals surface area contributed by atoms with Crippen LogP contribution in [0.4, 0.5) is 17.5 Å². The van der Waals surface area contributed by atoms with Crippen molar-refractivity contribution >= 4 is 29.1 Å². The molecule has 0 saturated carbocycles. The third-order valence-corrected chi connectivity index (χ3v) is 2.52. The van der Waals surface area contributed by atoms with E-state index in [0.717, 1.165) is 5.69 Å². The third-order valence-electron chi connectivity index (χ3n) is 2.27. The highest BCUT2D eigenvalue weighted by molar-refractivity contribution is 6.30. The van der Waals surface area contributed by atoms with Gasteiger partial charge in [-0.15, -0.1) is 5.10 Å². The molecule has 19 heavy (non-hydrogen) atoms. The van der Waals surface area contributed by atoms with Crippen LogP contribution in [0.15, 0.2) is 30.5 Å². The Morgan fingerprint density at radius 3 is 2.79 bits per heavy atom. The van der Waals surface area contributed by atoms with Crippen molar-refractivity contribution in [3.8, 4) is 0 Å². The summed E-state index contributed by atoms with van der Waals surface area (Å²) < 4.78 is 4.95. The van der Waals surface area contributed by atoms with Crippen molar-refractivity contribution in [2.24, 2.45) is 0 Å². The molecule has 100 valence electrons. The van der Waals surface area contributed by atoms with Crippen LogP contribution in [0, 0.1) is 0 Å². The van der Waals surface area contributed by atoms with Crippen molar-refractivity contribution in [2.45, 2.75) is 0 Å². The maximum atomic E-state index is 5.82. The largest absolute Gasteiger partial charge is 0.383 e. The lowest BCUT2D eigenvalue weighted by atomic mass is 10.3. The second-order valence-electron chi connectivity index (χ2n) is 3.72. The van der Waals surface area contributed by atoms with Gasteiger partial charge in [-0.2, -0.15) is 10.1 Å². The van der Waals surface area contributed by atoms with Gasteiger partial charge in [0, 0.05) is 24.4 Å². The average Bonchev–Trinajstić information content (AvgIpc) is 2.42. The van der Waals surface area contributed by atoms with Gasteiger partial charge in [0.2, 0.25) is 5.95 Å². The zero-order valence-electron chi connectivity index (χ0n) is 10.4. The van der Waals surface area contributed by atoms with E-state index in [2.05, 4.69) is 25.8 Å². The predicted molar refractivity (Wildman–Crippen MR) is 74.9 cm³/mol. The lowest BCUT2D eigenvalue weighted by molar-refractivity contribution is 0.210. The Labute approximate surface area is 116 Å². The maximum Gasteiger partial charge on any atom is 0.249 e. The summed E-state index contributed by atoms with van der Waals surface area (Å²) in [6.07, 6.45) is 1.56. The van der Waals surface area contributed by atoms with Gasteiger partial charge in [0.1, 0.15) is 0 Å². The highest BCUT2D eigenvalue weighted by atomic mass is 35.5. The number of anilines is 3. The molecular weight excluding hydrogens is 266 g/mol. The number of hydrogen-bond donors (Lipinski definition) is 2. The molecule has 0 unspecified atom stereocenters. The third kappa shape index (κ3) is 4.35. The molecule has 6 nitrogen and oxygen atoms in total. The molecule has 0 radical (unpaired) electrons. The van der Waals surface area contributed by atoms with E-state index in [1.54, 1.807) is 25.4 Å². The Bertz CT molecular complexity index is 520. The summed E-state index contributed by atoms with van der Waals surface area (Å²) in [4.78, 5) is 4.28. The van der Waals surface area contributed by atoms with Crippen LogP contribution in [-0.4, -0.2) is 35.4 Å². The number of hydrogen-bond acceptors (Lipinski definition) is 6. The van der Waals surface area contributed by atoms with E-state index in [4.69, 9.17) is 16.3 Å². The van der Waals surface area contributed by atoms with E-state index in [1.165, 1.54) is 0 Å². The summed E-state index contributed by atoms with van der Waals surface area (Å²) in [5.74, 6) is 1.06. The molecule has 0 amide bonds. The van der Waals surface area contributed by atoms with Gasteiger partial charge in [0.05, 0.1) is 12.8 Å². The lowest BCUT2D eigenvalue weighted by Crippen LogP contribution is -2.10. The molecule has 0 bridgehead atoms. The van der Waals surface area contributed by atoms with Crippen molar-refractivity contribution in [1.82, 2.24) is 15.2 Å². The second-order valence-corrected chi connectivity index (χ2v) is 4.15. The van der Waals surface area contributed by atoms with Gasteiger partial charge in [-0.05, 0) is 24.3 Å². The number of nitrogens with one attached hydrogen (secondary N) is 2. The van der Waals surface area contributed by atoms with Crippen molar-refractivity contribution in [3.63, 3.8) is 0 Å². The first kappa shape index (κ1) is 13.5. The Kier molecular flexibility index (Phi) is 4.88. The quantitative estimate of drug-likeness (QED) is 0.791. The molecule has 0 saturated heterocycles. The van der Waals surface area contributed by atoms with E-state index in [1.807, 2.05) is 12.1 Å². The normalized spacial score (nSPS) is 10.2. The molecule has 0 aliphatic carbocycles. The van der Waals surface area contributed by atoms with E-state index in [9.17, 15) is 0 Å². The van der Waals surface area contributed by atoms with Crippen LogP contribution in [0.5, 0.6) is 0 Å². The first-order valence-electron chi connectivity index (χ1n) is 5.73. The van der Waals surface area contributed by atoms with Gasteiger partial charge < -0.3 is 15.4 Å². The summed E-state index contributed by atoms with van der Waals surface area (Å²) in [5, 5.41) is 14.6. The lowest BCUT2D eigenvalue weighted by Gasteiger charge is -2.07. The fraction of sp³-hybridized carbons (Fsp3) is 0.250. The fourth-order valence-corrected chi connectivity index (χ4v) is 1.51.